The van der Waals surface area contributed by atoms with Crippen molar-refractivity contribution in [2.75, 3.05) is 7.11 Å². The fourth-order valence-electron chi connectivity index (χ4n) is 2.18. The normalized spacial score (nSPS) is 10.9. The fourth-order valence-corrected chi connectivity index (χ4v) is 2.86. The van der Waals surface area contributed by atoms with Crippen LogP contribution < -0.4 is 4.74 Å². The molecule has 4 nitrogen and oxygen atoms in total. The molecule has 2 aromatic rings. The highest BCUT2D eigenvalue weighted by Gasteiger charge is 2.13. The zero-order valence-corrected chi connectivity index (χ0v) is 14.3. The summed E-state index contributed by atoms with van der Waals surface area (Å²) < 4.78 is 14.1. The minimum atomic E-state index is 0.540. The number of methoxy groups -OCH3 is 1. The molecule has 0 unspecified atom stereocenters. The first-order valence-electron chi connectivity index (χ1n) is 7.14. The second kappa shape index (κ2) is 7.61. The average molecular weight is 353 g/mol. The minimum absolute atomic E-state index is 0.540. The summed E-state index contributed by atoms with van der Waals surface area (Å²) in [5, 5.41) is 4.57. The molecule has 114 valence electrons. The second-order valence-electron chi connectivity index (χ2n) is 4.72. The summed E-state index contributed by atoms with van der Waals surface area (Å²) in [5.41, 5.74) is 3.28. The molecule has 0 aliphatic carbocycles. The third kappa shape index (κ3) is 3.86. The van der Waals surface area contributed by atoms with E-state index in [1.807, 2.05) is 28.9 Å². The lowest BCUT2D eigenvalue weighted by molar-refractivity contribution is 0.101. The number of hydrogen-bond donors (Lipinski definition) is 0. The van der Waals surface area contributed by atoms with Gasteiger partial charge >= 0.3 is 0 Å². The number of benzene rings is 1. The van der Waals surface area contributed by atoms with E-state index in [0.29, 0.717) is 13.2 Å². The van der Waals surface area contributed by atoms with E-state index in [9.17, 15) is 0 Å². The van der Waals surface area contributed by atoms with Gasteiger partial charge in [-0.3, -0.25) is 4.68 Å². The molecule has 2 rings (SSSR count). The number of aryl methyl sites for hydroxylation is 2. The van der Waals surface area contributed by atoms with Gasteiger partial charge in [0.2, 0.25) is 0 Å². The summed E-state index contributed by atoms with van der Waals surface area (Å²) in [6, 6.07) is 7.93. The molecular weight excluding hydrogens is 332 g/mol. The zero-order chi connectivity index (χ0) is 15.2. The monoisotopic (exact) mass is 352 g/mol. The Morgan fingerprint density at radius 1 is 1.24 bits per heavy atom. The third-order valence-electron chi connectivity index (χ3n) is 3.34. The molecule has 1 aromatic heterocycles. The Balaban J connectivity index is 2.01. The molecular formula is C16H21BrN2O2. The maximum atomic E-state index is 5.84. The van der Waals surface area contributed by atoms with Crippen LogP contribution in [-0.2, 0) is 30.9 Å². The van der Waals surface area contributed by atoms with E-state index in [1.54, 1.807) is 7.11 Å². The number of halogens is 1. The van der Waals surface area contributed by atoms with Gasteiger partial charge in [0, 0.05) is 6.54 Å². The van der Waals surface area contributed by atoms with Crippen LogP contribution in [-0.4, -0.2) is 16.9 Å². The van der Waals surface area contributed by atoms with E-state index in [-0.39, 0.29) is 0 Å². The highest BCUT2D eigenvalue weighted by Crippen LogP contribution is 2.23. The Morgan fingerprint density at radius 3 is 2.71 bits per heavy atom. The third-order valence-corrected chi connectivity index (χ3v) is 4.25. The van der Waals surface area contributed by atoms with Crippen molar-refractivity contribution in [1.82, 2.24) is 9.78 Å². The summed E-state index contributed by atoms with van der Waals surface area (Å²) in [4.78, 5) is 0. The largest absolute Gasteiger partial charge is 0.497 e. The van der Waals surface area contributed by atoms with Gasteiger partial charge in [-0.05, 0) is 47.0 Å². The van der Waals surface area contributed by atoms with Crippen LogP contribution in [0.15, 0.2) is 28.7 Å². The van der Waals surface area contributed by atoms with Crippen LogP contribution in [0.25, 0.3) is 0 Å². The molecule has 0 bridgehead atoms. The smallest absolute Gasteiger partial charge is 0.119 e. The topological polar surface area (TPSA) is 36.3 Å². The van der Waals surface area contributed by atoms with Crippen LogP contribution in [0.1, 0.15) is 30.8 Å². The molecule has 1 heterocycles. The predicted molar refractivity (Wildman–Crippen MR) is 86.5 cm³/mol. The second-order valence-corrected chi connectivity index (χ2v) is 5.51. The first-order valence-corrected chi connectivity index (χ1v) is 7.93. The fraction of sp³-hybridized carbons (Fsp3) is 0.438. The summed E-state index contributed by atoms with van der Waals surface area (Å²) in [6.07, 6.45) is 0.913. The lowest BCUT2D eigenvalue weighted by atomic mass is 10.2. The molecule has 1 aromatic carbocycles. The molecule has 0 saturated heterocycles. The number of rotatable bonds is 7. The van der Waals surface area contributed by atoms with E-state index in [2.05, 4.69) is 34.9 Å². The van der Waals surface area contributed by atoms with Gasteiger partial charge in [0.1, 0.15) is 5.75 Å². The number of nitrogens with zero attached hydrogens (tertiary/aromatic N) is 2. The van der Waals surface area contributed by atoms with E-state index < -0.39 is 0 Å². The molecule has 21 heavy (non-hydrogen) atoms. The highest BCUT2D eigenvalue weighted by atomic mass is 79.9. The molecule has 0 radical (unpaired) electrons. The lowest BCUT2D eigenvalue weighted by Crippen LogP contribution is -2.05. The summed E-state index contributed by atoms with van der Waals surface area (Å²) in [7, 11) is 1.67. The maximum Gasteiger partial charge on any atom is 0.119 e. The van der Waals surface area contributed by atoms with Crippen LogP contribution in [0.4, 0.5) is 0 Å². The van der Waals surface area contributed by atoms with E-state index in [4.69, 9.17) is 9.47 Å². The summed E-state index contributed by atoms with van der Waals surface area (Å²) in [5.74, 6) is 0.851. The number of hydrogen-bond acceptors (Lipinski definition) is 3. The van der Waals surface area contributed by atoms with Crippen molar-refractivity contribution >= 4 is 15.9 Å². The Hall–Kier alpha value is -1.33. The zero-order valence-electron chi connectivity index (χ0n) is 12.7. The average Bonchev–Trinajstić information content (AvgIpc) is 2.83. The molecule has 5 heteroatoms. The van der Waals surface area contributed by atoms with Gasteiger partial charge < -0.3 is 9.47 Å². The van der Waals surface area contributed by atoms with Crippen molar-refractivity contribution in [2.45, 2.75) is 40.0 Å². The van der Waals surface area contributed by atoms with Crippen molar-refractivity contribution in [2.24, 2.45) is 0 Å². The molecule has 0 aliphatic rings. The predicted octanol–water partition coefficient (Wildman–Crippen LogP) is 3.95. The van der Waals surface area contributed by atoms with E-state index in [1.165, 1.54) is 0 Å². The quantitative estimate of drug-likeness (QED) is 0.756. The van der Waals surface area contributed by atoms with Gasteiger partial charge in [0.15, 0.2) is 0 Å². The van der Waals surface area contributed by atoms with Gasteiger partial charge in [0.25, 0.3) is 0 Å². The maximum absolute atomic E-state index is 5.84. The van der Waals surface area contributed by atoms with Gasteiger partial charge in [-0.15, -0.1) is 0 Å². The van der Waals surface area contributed by atoms with Crippen molar-refractivity contribution < 1.29 is 9.47 Å². The Bertz CT molecular complexity index is 596. The van der Waals surface area contributed by atoms with E-state index in [0.717, 1.165) is 40.1 Å². The summed E-state index contributed by atoms with van der Waals surface area (Å²) >= 11 is 3.63. The van der Waals surface area contributed by atoms with E-state index >= 15 is 0 Å². The van der Waals surface area contributed by atoms with Crippen LogP contribution in [0.3, 0.4) is 0 Å². The lowest BCUT2D eigenvalue weighted by Gasteiger charge is -2.08. The van der Waals surface area contributed by atoms with Gasteiger partial charge in [-0.1, -0.05) is 19.1 Å². The molecule has 0 spiro atoms. The standard InChI is InChI=1S/C16H21BrN2O2/c1-4-14-16(17)15(19(5-2)18-14)11-21-10-12-7-6-8-13(9-12)20-3/h6-9H,4-5,10-11H2,1-3H3. The van der Waals surface area contributed by atoms with Crippen LogP contribution in [0.5, 0.6) is 5.75 Å². The first-order chi connectivity index (χ1) is 10.2. The Morgan fingerprint density at radius 2 is 2.05 bits per heavy atom. The Kier molecular flexibility index (Phi) is 5.82. The van der Waals surface area contributed by atoms with Crippen molar-refractivity contribution in [3.05, 3.63) is 45.7 Å². The van der Waals surface area contributed by atoms with Crippen molar-refractivity contribution in [1.29, 1.82) is 0 Å². The SMILES string of the molecule is CCc1nn(CC)c(COCc2cccc(OC)c2)c1Br. The van der Waals surface area contributed by atoms with Gasteiger partial charge in [-0.2, -0.15) is 5.10 Å². The van der Waals surface area contributed by atoms with Crippen LogP contribution in [0, 0.1) is 0 Å². The molecule has 0 saturated carbocycles. The van der Waals surface area contributed by atoms with Crippen molar-refractivity contribution in [3.8, 4) is 5.75 Å². The Labute approximate surface area is 134 Å². The van der Waals surface area contributed by atoms with Gasteiger partial charge in [0.05, 0.1) is 36.2 Å². The number of ether oxygens (including phenoxy) is 2. The molecule has 0 atom stereocenters. The van der Waals surface area contributed by atoms with Gasteiger partial charge in [-0.25, -0.2) is 0 Å². The molecule has 0 N–H and O–H groups in total. The van der Waals surface area contributed by atoms with Crippen LogP contribution >= 0.6 is 15.9 Å². The minimum Gasteiger partial charge on any atom is -0.497 e. The molecule has 0 fully saturated rings. The summed E-state index contributed by atoms with van der Waals surface area (Å²) in [6.45, 7) is 6.13. The number of aromatic nitrogens is 2. The molecule has 0 amide bonds. The molecule has 0 aliphatic heterocycles. The first kappa shape index (κ1) is 16.0. The van der Waals surface area contributed by atoms with Crippen LogP contribution in [0.2, 0.25) is 0 Å². The highest BCUT2D eigenvalue weighted by molar-refractivity contribution is 9.10. The van der Waals surface area contributed by atoms with Crippen molar-refractivity contribution in [3.63, 3.8) is 0 Å².